The molecule has 0 spiro atoms. The predicted octanol–water partition coefficient (Wildman–Crippen LogP) is 3.77. The lowest BCUT2D eigenvalue weighted by Gasteiger charge is -2.44. The summed E-state index contributed by atoms with van der Waals surface area (Å²) in [6.07, 6.45) is 9.61. The topological polar surface area (TPSA) is 78.8 Å². The summed E-state index contributed by atoms with van der Waals surface area (Å²) in [5.74, 6) is -0.472. The fourth-order valence-electron chi connectivity index (χ4n) is 5.49. The molecular weight excluding hydrogens is 447 g/mol. The van der Waals surface area contributed by atoms with Crippen molar-refractivity contribution in [3.63, 3.8) is 0 Å². The van der Waals surface area contributed by atoms with Gasteiger partial charge in [0.1, 0.15) is 5.82 Å². The number of hydrogen-bond acceptors (Lipinski definition) is 6. The molecule has 1 saturated carbocycles. The van der Waals surface area contributed by atoms with E-state index in [9.17, 15) is 14.3 Å². The van der Waals surface area contributed by atoms with Gasteiger partial charge >= 0.3 is 6.01 Å². The second-order valence-corrected chi connectivity index (χ2v) is 10.8. The van der Waals surface area contributed by atoms with Gasteiger partial charge in [-0.1, -0.05) is 19.4 Å². The number of carbonyl (C=O) groups excluding carboxylic acids is 1. The average molecular weight is 483 g/mol. The van der Waals surface area contributed by atoms with Crippen LogP contribution < -0.4 is 4.74 Å². The van der Waals surface area contributed by atoms with E-state index in [1.807, 2.05) is 0 Å². The van der Waals surface area contributed by atoms with Crippen LogP contribution in [-0.4, -0.2) is 76.2 Å². The van der Waals surface area contributed by atoms with Crippen LogP contribution in [0.4, 0.5) is 4.39 Å². The molecule has 3 aliphatic rings. The molecule has 0 radical (unpaired) electrons. The molecular formula is C27H35FN4O3. The molecule has 188 valence electrons. The van der Waals surface area contributed by atoms with Crippen LogP contribution in [0.3, 0.4) is 0 Å². The number of likely N-dealkylation sites (tertiary alicyclic amines) is 2. The number of hydrogen-bond donors (Lipinski definition) is 1. The molecule has 3 heterocycles. The second-order valence-electron chi connectivity index (χ2n) is 10.8. The Morgan fingerprint density at radius 1 is 1.14 bits per heavy atom. The molecule has 2 saturated heterocycles. The molecule has 35 heavy (non-hydrogen) atoms. The normalized spacial score (nSPS) is 22.7. The van der Waals surface area contributed by atoms with Crippen molar-refractivity contribution in [2.75, 3.05) is 39.3 Å². The number of nitrogens with zero attached hydrogens (tertiary/aromatic N) is 4. The molecule has 8 heteroatoms. The van der Waals surface area contributed by atoms with Crippen molar-refractivity contribution in [1.82, 2.24) is 19.8 Å². The number of β-amino-alcohol motifs (C(OH)–C–C–N with tert-alkyl or cyclic N) is 1. The van der Waals surface area contributed by atoms with E-state index < -0.39 is 17.8 Å². The van der Waals surface area contributed by atoms with Gasteiger partial charge < -0.3 is 19.6 Å². The molecule has 1 aromatic heterocycles. The fraction of sp³-hybridized carbons (Fsp3) is 0.593. The lowest BCUT2D eigenvalue weighted by Crippen LogP contribution is -2.44. The smallest absolute Gasteiger partial charge is 0.316 e. The molecule has 3 fully saturated rings. The average Bonchev–Trinajstić information content (AvgIpc) is 3.29. The van der Waals surface area contributed by atoms with Crippen molar-refractivity contribution < 1.29 is 19.0 Å². The molecule has 1 N–H and O–H groups in total. The van der Waals surface area contributed by atoms with E-state index in [4.69, 9.17) is 4.74 Å². The molecule has 0 unspecified atom stereocenters. The minimum Gasteiger partial charge on any atom is -0.463 e. The van der Waals surface area contributed by atoms with Crippen LogP contribution in [0, 0.1) is 17.2 Å². The molecule has 1 atom stereocenters. The third-order valence-electron chi connectivity index (χ3n) is 7.93. The number of carbonyl (C=O) groups is 1. The van der Waals surface area contributed by atoms with Crippen LogP contribution >= 0.6 is 0 Å². The Morgan fingerprint density at radius 3 is 2.49 bits per heavy atom. The van der Waals surface area contributed by atoms with Crippen molar-refractivity contribution >= 4 is 5.91 Å². The van der Waals surface area contributed by atoms with Gasteiger partial charge in [0.15, 0.2) is 0 Å². The molecule has 2 aromatic rings. The summed E-state index contributed by atoms with van der Waals surface area (Å²) in [4.78, 5) is 25.2. The zero-order valence-electron chi connectivity index (χ0n) is 20.5. The van der Waals surface area contributed by atoms with E-state index in [1.54, 1.807) is 18.5 Å². The highest BCUT2D eigenvalue weighted by atomic mass is 19.1. The number of aliphatic hydroxyl groups excluding tert-OH is 1. The highest BCUT2D eigenvalue weighted by Gasteiger charge is 2.34. The van der Waals surface area contributed by atoms with Crippen molar-refractivity contribution in [2.24, 2.45) is 11.3 Å². The first-order valence-corrected chi connectivity index (χ1v) is 12.8. The molecule has 1 aliphatic carbocycles. The van der Waals surface area contributed by atoms with Gasteiger partial charge in [-0.2, -0.15) is 0 Å². The van der Waals surface area contributed by atoms with Crippen molar-refractivity contribution in [1.29, 1.82) is 0 Å². The first kappa shape index (κ1) is 24.1. The van der Waals surface area contributed by atoms with E-state index >= 15 is 0 Å². The Bertz CT molecular complexity index is 1040. The van der Waals surface area contributed by atoms with Gasteiger partial charge in [-0.05, 0) is 74.2 Å². The van der Waals surface area contributed by atoms with E-state index in [-0.39, 0.29) is 12.1 Å². The molecule has 7 nitrogen and oxygen atoms in total. The van der Waals surface area contributed by atoms with Crippen molar-refractivity contribution in [2.45, 2.75) is 51.6 Å². The van der Waals surface area contributed by atoms with Gasteiger partial charge in [-0.3, -0.25) is 4.79 Å². The quantitative estimate of drug-likeness (QED) is 0.647. The first-order valence-electron chi connectivity index (χ1n) is 12.8. The summed E-state index contributed by atoms with van der Waals surface area (Å²) >= 11 is 0. The summed E-state index contributed by atoms with van der Waals surface area (Å²) in [5, 5.41) is 9.64. The number of aliphatic hydroxyl groups is 1. The second kappa shape index (κ2) is 10.2. The highest BCUT2D eigenvalue weighted by molar-refractivity contribution is 5.95. The third-order valence-corrected chi connectivity index (χ3v) is 7.93. The predicted molar refractivity (Wildman–Crippen MR) is 131 cm³/mol. The summed E-state index contributed by atoms with van der Waals surface area (Å²) in [5.41, 5.74) is 1.80. The maximum atomic E-state index is 14.7. The number of piperidine rings is 1. The zero-order chi connectivity index (χ0) is 24.4. The van der Waals surface area contributed by atoms with E-state index in [0.717, 1.165) is 25.9 Å². The van der Waals surface area contributed by atoms with Gasteiger partial charge in [0.25, 0.3) is 5.91 Å². The summed E-state index contributed by atoms with van der Waals surface area (Å²) < 4.78 is 20.6. The number of benzene rings is 1. The first-order chi connectivity index (χ1) is 16.9. The van der Waals surface area contributed by atoms with Crippen LogP contribution in [-0.2, 0) is 0 Å². The van der Waals surface area contributed by atoms with E-state index in [1.165, 1.54) is 42.8 Å². The Hall–Kier alpha value is -2.58. The molecule has 1 aromatic carbocycles. The van der Waals surface area contributed by atoms with Crippen LogP contribution in [0.5, 0.6) is 6.01 Å². The van der Waals surface area contributed by atoms with Gasteiger partial charge in [0, 0.05) is 37.6 Å². The number of aromatic nitrogens is 2. The molecule has 5 rings (SSSR count). The van der Waals surface area contributed by atoms with Crippen molar-refractivity contribution in [3.05, 3.63) is 42.0 Å². The Morgan fingerprint density at radius 2 is 1.89 bits per heavy atom. The van der Waals surface area contributed by atoms with Crippen LogP contribution in [0.25, 0.3) is 11.1 Å². The third kappa shape index (κ3) is 5.64. The minimum absolute atomic E-state index is 0.0107. The summed E-state index contributed by atoms with van der Waals surface area (Å²) in [6.45, 7) is 7.19. The standard InChI is InChI=1S/C27H35FN4O3/c1-27(8-2-9-27)18-31-10-5-19(6-11-31)17-35-26-29-14-21(15-30-26)20-3-4-23(24(28)13-20)25(34)32-12-7-22(33)16-32/h3-4,13-15,19,22,33H,2,5-12,16-18H2,1H3/t22-/m0/s1. The molecule has 0 bridgehead atoms. The molecule has 1 amide bonds. The lowest BCUT2D eigenvalue weighted by molar-refractivity contribution is 0.0557. The zero-order valence-corrected chi connectivity index (χ0v) is 20.5. The van der Waals surface area contributed by atoms with Gasteiger partial charge in [-0.15, -0.1) is 0 Å². The number of rotatable bonds is 7. The van der Waals surface area contributed by atoms with Crippen LogP contribution in [0.1, 0.15) is 55.8 Å². The maximum Gasteiger partial charge on any atom is 0.316 e. The van der Waals surface area contributed by atoms with E-state index in [0.29, 0.717) is 48.0 Å². The van der Waals surface area contributed by atoms with Crippen LogP contribution in [0.2, 0.25) is 0 Å². The van der Waals surface area contributed by atoms with Crippen LogP contribution in [0.15, 0.2) is 30.6 Å². The monoisotopic (exact) mass is 482 g/mol. The lowest BCUT2D eigenvalue weighted by atomic mass is 9.70. The Kier molecular flexibility index (Phi) is 7.02. The van der Waals surface area contributed by atoms with E-state index in [2.05, 4.69) is 21.8 Å². The maximum absolute atomic E-state index is 14.7. The van der Waals surface area contributed by atoms with Gasteiger partial charge in [-0.25, -0.2) is 14.4 Å². The highest BCUT2D eigenvalue weighted by Crippen LogP contribution is 2.41. The fourth-order valence-corrected chi connectivity index (χ4v) is 5.49. The minimum atomic E-state index is -0.591. The van der Waals surface area contributed by atoms with Crippen molar-refractivity contribution in [3.8, 4) is 17.1 Å². The largest absolute Gasteiger partial charge is 0.463 e. The van der Waals surface area contributed by atoms with Gasteiger partial charge in [0.05, 0.1) is 18.3 Å². The molecule has 2 aliphatic heterocycles. The summed E-state index contributed by atoms with van der Waals surface area (Å²) in [6, 6.07) is 4.84. The number of ether oxygens (including phenoxy) is 1. The number of halogens is 1. The Balaban J connectivity index is 1.12. The van der Waals surface area contributed by atoms with Gasteiger partial charge in [0.2, 0.25) is 0 Å². The number of amides is 1. The summed E-state index contributed by atoms with van der Waals surface area (Å²) in [7, 11) is 0. The SMILES string of the molecule is CC1(CN2CCC(COc3ncc(-c4ccc(C(=O)N5CC[C@H](O)C5)c(F)c4)cn3)CC2)CCC1. The Labute approximate surface area is 206 Å².